The number of alkyl halides is 3. The summed E-state index contributed by atoms with van der Waals surface area (Å²) in [5.41, 5.74) is 3.37. The highest BCUT2D eigenvalue weighted by atomic mass is 19.4. The van der Waals surface area contributed by atoms with Crippen LogP contribution in [-0.4, -0.2) is 15.0 Å². The minimum Gasteiger partial charge on any atom is -0.340 e. The maximum Gasteiger partial charge on any atom is 0.417 e. The zero-order chi connectivity index (χ0) is 25.1. The van der Waals surface area contributed by atoms with Crippen LogP contribution < -0.4 is 5.32 Å². The monoisotopic (exact) mass is 486 g/mol. The second kappa shape index (κ2) is 9.93. The number of anilines is 1. The van der Waals surface area contributed by atoms with E-state index < -0.39 is 11.7 Å². The van der Waals surface area contributed by atoms with Gasteiger partial charge < -0.3 is 5.32 Å². The number of hydrogen-bond donors (Lipinski definition) is 1. The molecule has 1 unspecified atom stereocenters. The highest BCUT2D eigenvalue weighted by Gasteiger charge is 2.34. The van der Waals surface area contributed by atoms with Gasteiger partial charge in [-0.05, 0) is 48.9 Å². The van der Waals surface area contributed by atoms with E-state index in [1.807, 2.05) is 18.2 Å². The van der Waals surface area contributed by atoms with E-state index in [-0.39, 0.29) is 11.4 Å². The summed E-state index contributed by atoms with van der Waals surface area (Å²) < 4.78 is 41.5. The van der Waals surface area contributed by atoms with Crippen LogP contribution in [0.3, 0.4) is 0 Å². The fourth-order valence-corrected chi connectivity index (χ4v) is 4.68. The van der Waals surface area contributed by atoms with Crippen molar-refractivity contribution >= 4 is 11.5 Å². The third-order valence-electron chi connectivity index (χ3n) is 6.44. The number of rotatable bonds is 5. The van der Waals surface area contributed by atoms with Gasteiger partial charge in [-0.1, -0.05) is 61.5 Å². The molecule has 1 atom stereocenters. The Morgan fingerprint density at radius 3 is 2.39 bits per heavy atom. The predicted octanol–water partition coefficient (Wildman–Crippen LogP) is 7.96. The number of benzene rings is 2. The zero-order valence-electron chi connectivity index (χ0n) is 19.8. The first-order chi connectivity index (χ1) is 17.4. The maximum absolute atomic E-state index is 13.8. The van der Waals surface area contributed by atoms with Gasteiger partial charge in [0, 0.05) is 29.1 Å². The normalized spacial score (nSPS) is 15.6. The molecular formula is C29H25F3N4. The lowest BCUT2D eigenvalue weighted by Gasteiger charge is -2.18. The van der Waals surface area contributed by atoms with E-state index in [1.165, 1.54) is 17.7 Å². The third-order valence-corrected chi connectivity index (χ3v) is 6.44. The van der Waals surface area contributed by atoms with Crippen molar-refractivity contribution in [2.24, 2.45) is 0 Å². The van der Waals surface area contributed by atoms with Crippen LogP contribution in [0.4, 0.5) is 19.0 Å². The summed E-state index contributed by atoms with van der Waals surface area (Å²) >= 11 is 0. The minimum absolute atomic E-state index is 0.0116. The van der Waals surface area contributed by atoms with Gasteiger partial charge >= 0.3 is 6.18 Å². The molecule has 1 aliphatic carbocycles. The zero-order valence-corrected chi connectivity index (χ0v) is 19.8. The number of pyridine rings is 1. The largest absolute Gasteiger partial charge is 0.417 e. The molecule has 0 aliphatic heterocycles. The smallest absolute Gasteiger partial charge is 0.340 e. The number of halogens is 3. The van der Waals surface area contributed by atoms with Crippen LogP contribution in [0.2, 0.25) is 0 Å². The lowest BCUT2D eigenvalue weighted by Crippen LogP contribution is -2.10. The Balaban J connectivity index is 1.63. The van der Waals surface area contributed by atoms with E-state index in [2.05, 4.69) is 45.4 Å². The van der Waals surface area contributed by atoms with Crippen LogP contribution in [0.25, 0.3) is 28.5 Å². The first kappa shape index (κ1) is 23.7. The Labute approximate surface area is 208 Å². The van der Waals surface area contributed by atoms with E-state index in [1.54, 1.807) is 30.5 Å². The molecule has 36 heavy (non-hydrogen) atoms. The van der Waals surface area contributed by atoms with Crippen molar-refractivity contribution in [1.82, 2.24) is 15.0 Å². The number of hydrogen-bond acceptors (Lipinski definition) is 4. The first-order valence-electron chi connectivity index (χ1n) is 12.0. The minimum atomic E-state index is -4.54. The van der Waals surface area contributed by atoms with Gasteiger partial charge in [0.15, 0.2) is 5.82 Å². The molecule has 7 heteroatoms. The predicted molar refractivity (Wildman–Crippen MR) is 136 cm³/mol. The summed E-state index contributed by atoms with van der Waals surface area (Å²) in [6.45, 7) is 2.19. The molecule has 2 heterocycles. The molecule has 2 aromatic carbocycles. The lowest BCUT2D eigenvalue weighted by atomic mass is 9.90. The van der Waals surface area contributed by atoms with Crippen LogP contribution in [0.1, 0.15) is 48.8 Å². The van der Waals surface area contributed by atoms with Crippen molar-refractivity contribution in [2.45, 2.75) is 38.3 Å². The second-order valence-electron chi connectivity index (χ2n) is 8.73. The molecular weight excluding hydrogens is 461 g/mol. The first-order valence-corrected chi connectivity index (χ1v) is 12.0. The van der Waals surface area contributed by atoms with Crippen LogP contribution >= 0.6 is 0 Å². The molecule has 0 bridgehead atoms. The van der Waals surface area contributed by atoms with Gasteiger partial charge in [-0.15, -0.1) is 0 Å². The van der Waals surface area contributed by atoms with Gasteiger partial charge in [0.2, 0.25) is 0 Å². The van der Waals surface area contributed by atoms with E-state index in [0.717, 1.165) is 36.6 Å². The molecule has 1 aliphatic rings. The topological polar surface area (TPSA) is 50.7 Å². The Bertz CT molecular complexity index is 1400. The number of fused-ring (bicyclic) bond motifs is 1. The van der Waals surface area contributed by atoms with Crippen molar-refractivity contribution in [3.8, 4) is 22.8 Å². The highest BCUT2D eigenvalue weighted by molar-refractivity contribution is 5.80. The lowest BCUT2D eigenvalue weighted by molar-refractivity contribution is -0.137. The molecule has 182 valence electrons. The molecule has 4 nitrogen and oxygen atoms in total. The van der Waals surface area contributed by atoms with Gasteiger partial charge in [0.25, 0.3) is 0 Å². The second-order valence-corrected chi connectivity index (χ2v) is 8.73. The third kappa shape index (κ3) is 4.87. The van der Waals surface area contributed by atoms with E-state index >= 15 is 0 Å². The Morgan fingerprint density at radius 1 is 0.889 bits per heavy atom. The van der Waals surface area contributed by atoms with Gasteiger partial charge in [0.1, 0.15) is 5.82 Å². The van der Waals surface area contributed by atoms with E-state index in [9.17, 15) is 13.2 Å². The van der Waals surface area contributed by atoms with Crippen LogP contribution in [0.15, 0.2) is 85.1 Å². The number of aromatic nitrogens is 3. The van der Waals surface area contributed by atoms with Gasteiger partial charge in [0.05, 0.1) is 17.0 Å². The maximum atomic E-state index is 13.8. The van der Waals surface area contributed by atoms with Crippen molar-refractivity contribution in [3.05, 3.63) is 102 Å². The number of nitrogens with zero attached hydrogens (tertiary/aromatic N) is 3. The highest BCUT2D eigenvalue weighted by Crippen LogP contribution is 2.38. The summed E-state index contributed by atoms with van der Waals surface area (Å²) in [6.07, 6.45) is 2.19. The molecule has 0 saturated heterocycles. The van der Waals surface area contributed by atoms with Gasteiger partial charge in [-0.3, -0.25) is 4.98 Å². The van der Waals surface area contributed by atoms with Gasteiger partial charge in [-0.25, -0.2) is 9.97 Å². The molecule has 4 aromatic rings. The number of allylic oxidation sites excluding steroid dienone is 1. The van der Waals surface area contributed by atoms with Crippen LogP contribution in [0, 0.1) is 0 Å². The summed E-state index contributed by atoms with van der Waals surface area (Å²) in [4.78, 5) is 13.4. The average molecular weight is 487 g/mol. The molecule has 2 aromatic heterocycles. The van der Waals surface area contributed by atoms with Crippen molar-refractivity contribution in [1.29, 1.82) is 0 Å². The standard InChI is InChI=1S/C29H25F3N4/c1-2-19-10-9-16-24(21-12-4-3-11-20(19)21)34-27-18-26(25-15-7-8-17-33-25)35-28(36-27)22-13-5-6-14-23(22)29(30,31)32/h3-8,11-19H,2,9-10H2,1H3,(H,34,35,36). The summed E-state index contributed by atoms with van der Waals surface area (Å²) in [7, 11) is 0. The molecule has 0 spiro atoms. The Kier molecular flexibility index (Phi) is 6.55. The Hall–Kier alpha value is -4.00. The van der Waals surface area contributed by atoms with E-state index in [4.69, 9.17) is 0 Å². The Morgan fingerprint density at radius 2 is 1.64 bits per heavy atom. The van der Waals surface area contributed by atoms with Gasteiger partial charge in [-0.2, -0.15) is 13.2 Å². The molecule has 1 N–H and O–H groups in total. The fraction of sp³-hybridized carbons (Fsp3) is 0.207. The number of nitrogens with one attached hydrogen (secondary N) is 1. The van der Waals surface area contributed by atoms with Crippen molar-refractivity contribution in [2.75, 3.05) is 5.32 Å². The van der Waals surface area contributed by atoms with Crippen LogP contribution in [0.5, 0.6) is 0 Å². The molecule has 0 fully saturated rings. The average Bonchev–Trinajstić information content (AvgIpc) is 3.07. The van der Waals surface area contributed by atoms with E-state index in [0.29, 0.717) is 23.1 Å². The summed E-state index contributed by atoms with van der Waals surface area (Å²) in [6, 6.07) is 20.7. The SMILES string of the molecule is CCC1CCC=C(Nc2cc(-c3ccccn3)nc(-c3ccccc3C(F)(F)F)n2)c2ccccc21. The molecule has 0 saturated carbocycles. The fourth-order valence-electron chi connectivity index (χ4n) is 4.68. The summed E-state index contributed by atoms with van der Waals surface area (Å²) in [5, 5.41) is 3.40. The van der Waals surface area contributed by atoms with Crippen molar-refractivity contribution in [3.63, 3.8) is 0 Å². The quantitative estimate of drug-likeness (QED) is 0.311. The van der Waals surface area contributed by atoms with Crippen LogP contribution in [-0.2, 0) is 6.18 Å². The molecule has 0 amide bonds. The molecule has 5 rings (SSSR count). The van der Waals surface area contributed by atoms with Crippen molar-refractivity contribution < 1.29 is 13.2 Å². The molecule has 0 radical (unpaired) electrons. The summed E-state index contributed by atoms with van der Waals surface area (Å²) in [5.74, 6) is 0.844.